The molecule has 20 heavy (non-hydrogen) atoms. The lowest BCUT2D eigenvalue weighted by Crippen LogP contribution is -2.44. The van der Waals surface area contributed by atoms with E-state index in [1.807, 2.05) is 32.0 Å². The second kappa shape index (κ2) is 6.09. The van der Waals surface area contributed by atoms with Crippen molar-refractivity contribution in [3.8, 4) is 0 Å². The number of amides is 1. The van der Waals surface area contributed by atoms with Gasteiger partial charge in [-0.05, 0) is 44.9 Å². The van der Waals surface area contributed by atoms with Gasteiger partial charge in [0.15, 0.2) is 0 Å². The van der Waals surface area contributed by atoms with Crippen LogP contribution in [0.2, 0.25) is 0 Å². The van der Waals surface area contributed by atoms with Gasteiger partial charge in [-0.1, -0.05) is 17.7 Å². The zero-order valence-corrected chi connectivity index (χ0v) is 12.4. The first-order chi connectivity index (χ1) is 9.49. The fourth-order valence-electron chi connectivity index (χ4n) is 2.33. The number of carbonyl (C=O) groups excluding carboxylic acids is 1. The van der Waals surface area contributed by atoms with Crippen LogP contribution in [-0.4, -0.2) is 29.9 Å². The molecule has 1 aromatic rings. The Bertz CT molecular complexity index is 537. The van der Waals surface area contributed by atoms with Crippen LogP contribution in [0.3, 0.4) is 0 Å². The second-order valence-electron chi connectivity index (χ2n) is 5.48. The summed E-state index contributed by atoms with van der Waals surface area (Å²) in [6.45, 7) is 7.79. The SMILES string of the molecule is CC1=CCN(C(C)C(=O)Nc2cccc(N)c2C)CC1. The van der Waals surface area contributed by atoms with Gasteiger partial charge in [-0.3, -0.25) is 9.69 Å². The highest BCUT2D eigenvalue weighted by molar-refractivity contribution is 5.95. The topological polar surface area (TPSA) is 58.4 Å². The van der Waals surface area contributed by atoms with Crippen LogP contribution in [0, 0.1) is 6.92 Å². The lowest BCUT2D eigenvalue weighted by atomic mass is 10.1. The molecule has 0 aromatic heterocycles. The first-order valence-electron chi connectivity index (χ1n) is 7.04. The summed E-state index contributed by atoms with van der Waals surface area (Å²) in [5.74, 6) is 0.0200. The van der Waals surface area contributed by atoms with Crippen LogP contribution < -0.4 is 11.1 Å². The highest BCUT2D eigenvalue weighted by Gasteiger charge is 2.22. The van der Waals surface area contributed by atoms with Gasteiger partial charge in [0.05, 0.1) is 6.04 Å². The number of hydrogen-bond donors (Lipinski definition) is 2. The molecular weight excluding hydrogens is 250 g/mol. The molecule has 4 heteroatoms. The van der Waals surface area contributed by atoms with Gasteiger partial charge in [0.1, 0.15) is 0 Å². The maximum absolute atomic E-state index is 12.3. The van der Waals surface area contributed by atoms with Crippen molar-refractivity contribution in [2.24, 2.45) is 0 Å². The number of nitrogens with zero attached hydrogens (tertiary/aromatic N) is 1. The molecule has 1 aliphatic heterocycles. The highest BCUT2D eigenvalue weighted by atomic mass is 16.2. The van der Waals surface area contributed by atoms with Crippen molar-refractivity contribution in [1.82, 2.24) is 4.90 Å². The number of benzene rings is 1. The molecule has 0 aliphatic carbocycles. The number of nitrogens with two attached hydrogens (primary N) is 1. The van der Waals surface area contributed by atoms with Crippen LogP contribution in [-0.2, 0) is 4.79 Å². The number of carbonyl (C=O) groups is 1. The summed E-state index contributed by atoms with van der Waals surface area (Å²) >= 11 is 0. The van der Waals surface area contributed by atoms with E-state index in [0.29, 0.717) is 5.69 Å². The third-order valence-electron chi connectivity index (χ3n) is 4.03. The highest BCUT2D eigenvalue weighted by Crippen LogP contribution is 2.21. The molecule has 1 unspecified atom stereocenters. The smallest absolute Gasteiger partial charge is 0.241 e. The number of nitrogens with one attached hydrogen (secondary N) is 1. The van der Waals surface area contributed by atoms with Crippen LogP contribution in [0.25, 0.3) is 0 Å². The van der Waals surface area contributed by atoms with E-state index in [-0.39, 0.29) is 11.9 Å². The summed E-state index contributed by atoms with van der Waals surface area (Å²) in [4.78, 5) is 14.5. The molecule has 0 saturated carbocycles. The zero-order chi connectivity index (χ0) is 14.7. The van der Waals surface area contributed by atoms with E-state index < -0.39 is 0 Å². The second-order valence-corrected chi connectivity index (χ2v) is 5.48. The van der Waals surface area contributed by atoms with E-state index >= 15 is 0 Å². The molecule has 1 heterocycles. The molecule has 0 spiro atoms. The Hall–Kier alpha value is -1.81. The maximum atomic E-state index is 12.3. The quantitative estimate of drug-likeness (QED) is 0.657. The molecule has 1 aromatic carbocycles. The molecule has 1 aliphatic rings. The zero-order valence-electron chi connectivity index (χ0n) is 12.4. The Morgan fingerprint density at radius 2 is 2.15 bits per heavy atom. The van der Waals surface area contributed by atoms with Gasteiger partial charge >= 0.3 is 0 Å². The van der Waals surface area contributed by atoms with E-state index in [4.69, 9.17) is 5.73 Å². The molecule has 1 atom stereocenters. The summed E-state index contributed by atoms with van der Waals surface area (Å²) in [7, 11) is 0. The van der Waals surface area contributed by atoms with Crippen molar-refractivity contribution in [2.75, 3.05) is 24.1 Å². The van der Waals surface area contributed by atoms with Gasteiger partial charge in [0, 0.05) is 24.5 Å². The normalized spacial score (nSPS) is 17.4. The van der Waals surface area contributed by atoms with Gasteiger partial charge in [-0.2, -0.15) is 0 Å². The Morgan fingerprint density at radius 1 is 1.40 bits per heavy atom. The number of nitrogen functional groups attached to an aromatic ring is 1. The fraction of sp³-hybridized carbons (Fsp3) is 0.438. The summed E-state index contributed by atoms with van der Waals surface area (Å²) < 4.78 is 0. The Balaban J connectivity index is 2.03. The largest absolute Gasteiger partial charge is 0.398 e. The maximum Gasteiger partial charge on any atom is 0.241 e. The van der Waals surface area contributed by atoms with Gasteiger partial charge in [-0.25, -0.2) is 0 Å². The van der Waals surface area contributed by atoms with Crippen LogP contribution in [0.15, 0.2) is 29.8 Å². The molecule has 1 amide bonds. The third-order valence-corrected chi connectivity index (χ3v) is 4.03. The Morgan fingerprint density at radius 3 is 2.80 bits per heavy atom. The number of hydrogen-bond acceptors (Lipinski definition) is 3. The summed E-state index contributed by atoms with van der Waals surface area (Å²) in [6, 6.07) is 5.44. The molecule has 108 valence electrons. The van der Waals surface area contributed by atoms with E-state index in [1.54, 1.807) is 0 Å². The van der Waals surface area contributed by atoms with Crippen molar-refractivity contribution >= 4 is 17.3 Å². The first kappa shape index (κ1) is 14.6. The standard InChI is InChI=1S/C16H23N3O/c1-11-7-9-19(10-8-11)13(3)16(20)18-15-6-4-5-14(17)12(15)2/h4-7,13H,8-10,17H2,1-3H3,(H,18,20). The minimum Gasteiger partial charge on any atom is -0.398 e. The van der Waals surface area contributed by atoms with E-state index in [1.165, 1.54) is 5.57 Å². The molecule has 3 N–H and O–H groups in total. The predicted molar refractivity (Wildman–Crippen MR) is 83.6 cm³/mol. The van der Waals surface area contributed by atoms with Gasteiger partial charge in [-0.15, -0.1) is 0 Å². The van der Waals surface area contributed by atoms with Gasteiger partial charge in [0.2, 0.25) is 5.91 Å². The molecular formula is C16H23N3O. The minimum absolute atomic E-state index is 0.0200. The van der Waals surface area contributed by atoms with Crippen molar-refractivity contribution in [3.63, 3.8) is 0 Å². The first-order valence-corrected chi connectivity index (χ1v) is 7.04. The number of rotatable bonds is 3. The summed E-state index contributed by atoms with van der Waals surface area (Å²) in [5, 5.41) is 2.98. The van der Waals surface area contributed by atoms with Crippen LogP contribution in [0.4, 0.5) is 11.4 Å². The Labute approximate surface area is 120 Å². The van der Waals surface area contributed by atoms with Gasteiger partial charge < -0.3 is 11.1 Å². The lowest BCUT2D eigenvalue weighted by Gasteiger charge is -2.30. The molecule has 0 saturated heterocycles. The van der Waals surface area contributed by atoms with Crippen molar-refractivity contribution in [1.29, 1.82) is 0 Å². The van der Waals surface area contributed by atoms with E-state index in [2.05, 4.69) is 23.2 Å². The fourth-order valence-corrected chi connectivity index (χ4v) is 2.33. The van der Waals surface area contributed by atoms with Crippen molar-refractivity contribution in [3.05, 3.63) is 35.4 Å². The van der Waals surface area contributed by atoms with Gasteiger partial charge in [0.25, 0.3) is 0 Å². The van der Waals surface area contributed by atoms with Crippen LogP contribution >= 0.6 is 0 Å². The molecule has 4 nitrogen and oxygen atoms in total. The van der Waals surface area contributed by atoms with Crippen LogP contribution in [0.1, 0.15) is 25.8 Å². The lowest BCUT2D eigenvalue weighted by molar-refractivity contribution is -0.120. The minimum atomic E-state index is -0.139. The van der Waals surface area contributed by atoms with E-state index in [0.717, 1.165) is 30.8 Å². The molecule has 0 radical (unpaired) electrons. The molecule has 0 bridgehead atoms. The summed E-state index contributed by atoms with van der Waals surface area (Å²) in [6.07, 6.45) is 3.23. The third kappa shape index (κ3) is 3.20. The number of anilines is 2. The van der Waals surface area contributed by atoms with Crippen molar-refractivity contribution < 1.29 is 4.79 Å². The van der Waals surface area contributed by atoms with E-state index in [9.17, 15) is 4.79 Å². The average molecular weight is 273 g/mol. The van der Waals surface area contributed by atoms with Crippen molar-refractivity contribution in [2.45, 2.75) is 33.2 Å². The predicted octanol–water partition coefficient (Wildman–Crippen LogP) is 2.56. The average Bonchev–Trinajstić information content (AvgIpc) is 2.44. The monoisotopic (exact) mass is 273 g/mol. The Kier molecular flexibility index (Phi) is 4.45. The molecule has 2 rings (SSSR count). The van der Waals surface area contributed by atoms with Crippen LogP contribution in [0.5, 0.6) is 0 Å². The molecule has 0 fully saturated rings. The summed E-state index contributed by atoms with van der Waals surface area (Å²) in [5.41, 5.74) is 9.68.